The maximum absolute atomic E-state index is 9.99. The molecule has 1 aromatic carbocycles. The van der Waals surface area contributed by atoms with Gasteiger partial charge in [-0.15, -0.1) is 0 Å². The smallest absolute Gasteiger partial charge is 0.0989 e. The normalized spacial score (nSPS) is 12.3. The second-order valence-corrected chi connectivity index (χ2v) is 4.79. The Kier molecular flexibility index (Phi) is 2.28. The second kappa shape index (κ2) is 3.26. The average molecular weight is 224 g/mol. The van der Waals surface area contributed by atoms with Crippen LogP contribution in [0, 0.1) is 0 Å². The highest BCUT2D eigenvalue weighted by atomic mass is 35.5. The van der Waals surface area contributed by atoms with E-state index in [4.69, 9.17) is 11.6 Å². The summed E-state index contributed by atoms with van der Waals surface area (Å²) in [6.45, 7) is 3.56. The number of aryl methyl sites for hydroxylation is 1. The summed E-state index contributed by atoms with van der Waals surface area (Å²) in [5.41, 5.74) is 1.14. The summed E-state index contributed by atoms with van der Waals surface area (Å²) >= 11 is 5.92. The number of rotatable bonds is 1. The molecule has 2 nitrogen and oxygen atoms in total. The maximum Gasteiger partial charge on any atom is 0.0989 e. The van der Waals surface area contributed by atoms with Gasteiger partial charge in [-0.25, -0.2) is 0 Å². The number of hydrogen-bond acceptors (Lipinski definition) is 1. The van der Waals surface area contributed by atoms with Gasteiger partial charge in [-0.3, -0.25) is 0 Å². The number of fused-ring (bicyclic) bond motifs is 1. The first kappa shape index (κ1) is 10.5. The zero-order valence-corrected chi connectivity index (χ0v) is 9.84. The number of benzene rings is 1. The van der Waals surface area contributed by atoms with Gasteiger partial charge >= 0.3 is 0 Å². The van der Waals surface area contributed by atoms with Crippen LogP contribution in [0.3, 0.4) is 0 Å². The van der Waals surface area contributed by atoms with Gasteiger partial charge in [0.05, 0.1) is 5.60 Å². The Morgan fingerprint density at radius 2 is 1.93 bits per heavy atom. The highest BCUT2D eigenvalue weighted by Crippen LogP contribution is 2.28. The van der Waals surface area contributed by atoms with Gasteiger partial charge in [0.1, 0.15) is 0 Å². The first-order chi connectivity index (χ1) is 6.89. The predicted octanol–water partition coefficient (Wildman–Crippen LogP) is 3.06. The number of halogens is 1. The molecular weight excluding hydrogens is 210 g/mol. The van der Waals surface area contributed by atoms with Gasteiger partial charge < -0.3 is 9.67 Å². The van der Waals surface area contributed by atoms with Crippen molar-refractivity contribution in [2.45, 2.75) is 19.4 Å². The van der Waals surface area contributed by atoms with Crippen LogP contribution in [0.4, 0.5) is 0 Å². The van der Waals surface area contributed by atoms with Crippen LogP contribution in [-0.2, 0) is 12.6 Å². The Bertz CT molecular complexity index is 508. The molecule has 3 heteroatoms. The Labute approximate surface area is 94.1 Å². The third-order valence-electron chi connectivity index (χ3n) is 2.63. The fourth-order valence-electron chi connectivity index (χ4n) is 1.91. The lowest BCUT2D eigenvalue weighted by Gasteiger charge is -2.18. The number of hydrogen-bond donors (Lipinski definition) is 1. The first-order valence-corrected chi connectivity index (χ1v) is 5.25. The molecule has 0 aliphatic rings. The van der Waals surface area contributed by atoms with Crippen LogP contribution in [0.1, 0.15) is 19.5 Å². The predicted molar refractivity (Wildman–Crippen MR) is 63.2 cm³/mol. The van der Waals surface area contributed by atoms with E-state index in [1.54, 1.807) is 13.8 Å². The van der Waals surface area contributed by atoms with E-state index in [-0.39, 0.29) is 0 Å². The van der Waals surface area contributed by atoms with Crippen molar-refractivity contribution in [3.63, 3.8) is 0 Å². The van der Waals surface area contributed by atoms with Gasteiger partial charge in [0.2, 0.25) is 0 Å². The van der Waals surface area contributed by atoms with Crippen LogP contribution in [0.5, 0.6) is 0 Å². The average Bonchev–Trinajstić information content (AvgIpc) is 2.42. The fourth-order valence-corrected chi connectivity index (χ4v) is 2.09. The molecule has 0 spiro atoms. The molecule has 1 N–H and O–H groups in total. The molecular formula is C12H14ClNO. The van der Waals surface area contributed by atoms with E-state index in [0.717, 1.165) is 21.6 Å². The molecule has 1 heterocycles. The van der Waals surface area contributed by atoms with Gasteiger partial charge in [0.25, 0.3) is 0 Å². The second-order valence-electron chi connectivity index (χ2n) is 4.35. The Morgan fingerprint density at radius 3 is 2.53 bits per heavy atom. The van der Waals surface area contributed by atoms with Crippen LogP contribution < -0.4 is 0 Å². The van der Waals surface area contributed by atoms with E-state index >= 15 is 0 Å². The van der Waals surface area contributed by atoms with Crippen molar-refractivity contribution in [1.29, 1.82) is 0 Å². The molecule has 0 amide bonds. The molecule has 0 saturated heterocycles. The largest absolute Gasteiger partial charge is 0.384 e. The van der Waals surface area contributed by atoms with E-state index in [1.807, 2.05) is 35.9 Å². The topological polar surface area (TPSA) is 25.2 Å². The third-order valence-corrected chi connectivity index (χ3v) is 2.87. The van der Waals surface area contributed by atoms with E-state index < -0.39 is 5.60 Å². The van der Waals surface area contributed by atoms with Crippen molar-refractivity contribution in [3.05, 3.63) is 35.0 Å². The highest BCUT2D eigenvalue weighted by molar-refractivity contribution is 6.31. The molecule has 1 aromatic heterocycles. The molecule has 0 radical (unpaired) electrons. The summed E-state index contributed by atoms with van der Waals surface area (Å²) in [4.78, 5) is 0. The van der Waals surface area contributed by atoms with Crippen LogP contribution >= 0.6 is 11.6 Å². The zero-order chi connectivity index (χ0) is 11.2. The molecule has 0 saturated carbocycles. The zero-order valence-electron chi connectivity index (χ0n) is 9.08. The summed E-state index contributed by atoms with van der Waals surface area (Å²) in [7, 11) is 1.95. The van der Waals surface area contributed by atoms with Gasteiger partial charge in [-0.05, 0) is 38.1 Å². The number of aliphatic hydroxyl groups is 1. The van der Waals surface area contributed by atoms with Crippen LogP contribution in [0.2, 0.25) is 5.02 Å². The SMILES string of the molecule is Cn1c(C(C)(C)O)cc2cc(Cl)ccc21. The standard InChI is InChI=1S/C12H14ClNO/c1-12(2,15)11-7-8-6-9(13)4-5-10(8)14(11)3/h4-7,15H,1-3H3. The Hall–Kier alpha value is -0.990. The molecule has 0 unspecified atom stereocenters. The van der Waals surface area contributed by atoms with E-state index in [1.165, 1.54) is 0 Å². The van der Waals surface area contributed by atoms with E-state index in [0.29, 0.717) is 0 Å². The molecule has 80 valence electrons. The lowest BCUT2D eigenvalue weighted by molar-refractivity contribution is 0.0712. The highest BCUT2D eigenvalue weighted by Gasteiger charge is 2.20. The molecule has 2 rings (SSSR count). The molecule has 2 aromatic rings. The molecule has 0 atom stereocenters. The van der Waals surface area contributed by atoms with Crippen LogP contribution in [-0.4, -0.2) is 9.67 Å². The van der Waals surface area contributed by atoms with Gasteiger partial charge in [0.15, 0.2) is 0 Å². The van der Waals surface area contributed by atoms with Crippen LogP contribution in [0.25, 0.3) is 10.9 Å². The van der Waals surface area contributed by atoms with Gasteiger partial charge in [0, 0.05) is 28.7 Å². The Morgan fingerprint density at radius 1 is 1.27 bits per heavy atom. The van der Waals surface area contributed by atoms with Gasteiger partial charge in [-0.2, -0.15) is 0 Å². The fraction of sp³-hybridized carbons (Fsp3) is 0.333. The lowest BCUT2D eigenvalue weighted by Crippen LogP contribution is -2.19. The minimum Gasteiger partial charge on any atom is -0.384 e. The summed E-state index contributed by atoms with van der Waals surface area (Å²) in [5.74, 6) is 0. The van der Waals surface area contributed by atoms with E-state index in [9.17, 15) is 5.11 Å². The monoisotopic (exact) mass is 223 g/mol. The quantitative estimate of drug-likeness (QED) is 0.790. The Balaban J connectivity index is 2.75. The van der Waals surface area contributed by atoms with E-state index in [2.05, 4.69) is 0 Å². The molecule has 0 bridgehead atoms. The van der Waals surface area contributed by atoms with Crippen molar-refractivity contribution in [2.75, 3.05) is 0 Å². The number of nitrogens with zero attached hydrogens (tertiary/aromatic N) is 1. The third kappa shape index (κ3) is 1.75. The maximum atomic E-state index is 9.99. The minimum absolute atomic E-state index is 0.718. The molecule has 0 aliphatic heterocycles. The van der Waals surface area contributed by atoms with Crippen LogP contribution in [0.15, 0.2) is 24.3 Å². The minimum atomic E-state index is -0.833. The van der Waals surface area contributed by atoms with Crippen molar-refractivity contribution in [1.82, 2.24) is 4.57 Å². The van der Waals surface area contributed by atoms with Crippen molar-refractivity contribution in [3.8, 4) is 0 Å². The summed E-state index contributed by atoms with van der Waals surface area (Å²) in [5, 5.41) is 11.8. The summed E-state index contributed by atoms with van der Waals surface area (Å²) in [6, 6.07) is 7.71. The summed E-state index contributed by atoms with van der Waals surface area (Å²) < 4.78 is 1.99. The van der Waals surface area contributed by atoms with Crippen molar-refractivity contribution in [2.24, 2.45) is 7.05 Å². The molecule has 0 fully saturated rings. The van der Waals surface area contributed by atoms with Gasteiger partial charge in [-0.1, -0.05) is 11.6 Å². The molecule has 0 aliphatic carbocycles. The summed E-state index contributed by atoms with van der Waals surface area (Å²) in [6.07, 6.45) is 0. The first-order valence-electron chi connectivity index (χ1n) is 4.87. The lowest BCUT2D eigenvalue weighted by atomic mass is 10.1. The van der Waals surface area contributed by atoms with Crippen molar-refractivity contribution >= 4 is 22.5 Å². The molecule has 15 heavy (non-hydrogen) atoms. The van der Waals surface area contributed by atoms with Crippen molar-refractivity contribution < 1.29 is 5.11 Å². The number of aromatic nitrogens is 1.